The smallest absolute Gasteiger partial charge is 0.244 e. The van der Waals surface area contributed by atoms with Gasteiger partial charge in [-0.25, -0.2) is 12.8 Å². The molecule has 0 bridgehead atoms. The van der Waals surface area contributed by atoms with Crippen LogP contribution in [0.3, 0.4) is 0 Å². The fraction of sp³-hybridized carbons (Fsp3) is 0.630. The molecule has 1 saturated carbocycles. The number of piperidine rings is 1. The van der Waals surface area contributed by atoms with E-state index in [1.165, 1.54) is 4.90 Å². The van der Waals surface area contributed by atoms with E-state index in [-0.39, 0.29) is 46.9 Å². The lowest BCUT2D eigenvalue weighted by molar-refractivity contribution is -0.143. The van der Waals surface area contributed by atoms with Crippen LogP contribution in [0.15, 0.2) is 29.2 Å². The molecule has 12 heteroatoms. The van der Waals surface area contributed by atoms with Crippen LogP contribution in [0.1, 0.15) is 47.5 Å². The molecule has 2 saturated heterocycles. The monoisotopic (exact) mass is 561 g/mol. The van der Waals surface area contributed by atoms with Crippen molar-refractivity contribution in [1.82, 2.24) is 20.3 Å². The van der Waals surface area contributed by atoms with E-state index in [0.29, 0.717) is 13.0 Å². The first-order valence-electron chi connectivity index (χ1n) is 13.1. The number of nitrogens with zero attached hydrogens (tertiary/aromatic N) is 2. The molecule has 3 aliphatic rings. The van der Waals surface area contributed by atoms with Gasteiger partial charge in [-0.05, 0) is 59.8 Å². The third-order valence-corrected chi connectivity index (χ3v) is 9.86. The highest BCUT2D eigenvalue weighted by Gasteiger charge is 2.69. The number of hydrogen-bond acceptors (Lipinski definition) is 6. The van der Waals surface area contributed by atoms with E-state index < -0.39 is 51.2 Å². The van der Waals surface area contributed by atoms with Crippen LogP contribution in [0, 0.1) is 45.7 Å². The van der Waals surface area contributed by atoms with Crippen LogP contribution >= 0.6 is 0 Å². The maximum absolute atomic E-state index is 14.0. The number of carbonyl (C=O) groups excluding carboxylic acids is 3. The van der Waals surface area contributed by atoms with Gasteiger partial charge in [-0.15, -0.1) is 0 Å². The van der Waals surface area contributed by atoms with Gasteiger partial charge in [0.15, 0.2) is 0 Å². The Morgan fingerprint density at radius 3 is 2.44 bits per heavy atom. The molecule has 1 aromatic carbocycles. The van der Waals surface area contributed by atoms with Gasteiger partial charge in [-0.3, -0.25) is 14.4 Å². The van der Waals surface area contributed by atoms with E-state index in [2.05, 4.69) is 21.4 Å². The summed E-state index contributed by atoms with van der Waals surface area (Å²) in [6, 6.07) is 3.37. The number of benzene rings is 1. The lowest BCUT2D eigenvalue weighted by Crippen LogP contribution is -2.59. The van der Waals surface area contributed by atoms with Crippen molar-refractivity contribution >= 4 is 27.7 Å². The molecule has 212 valence electrons. The molecule has 2 aliphatic heterocycles. The van der Waals surface area contributed by atoms with Gasteiger partial charge in [0.2, 0.25) is 27.7 Å². The number of rotatable bonds is 8. The molecule has 10 nitrogen and oxygen atoms in total. The van der Waals surface area contributed by atoms with Crippen LogP contribution in [0.2, 0.25) is 0 Å². The number of fused-ring (bicyclic) bond motifs is 1. The van der Waals surface area contributed by atoms with Crippen LogP contribution in [-0.4, -0.2) is 62.3 Å². The molecule has 2 heterocycles. The molecule has 3 amide bonds. The lowest BCUT2D eigenvalue weighted by Gasteiger charge is -2.37. The van der Waals surface area contributed by atoms with Crippen LogP contribution in [0.25, 0.3) is 0 Å². The lowest BCUT2D eigenvalue weighted by atomic mass is 9.86. The first kappa shape index (κ1) is 29.0. The Morgan fingerprint density at radius 2 is 1.90 bits per heavy atom. The molecule has 2 unspecified atom stereocenters. The van der Waals surface area contributed by atoms with Gasteiger partial charge in [0, 0.05) is 19.0 Å². The van der Waals surface area contributed by atoms with Gasteiger partial charge in [0.1, 0.15) is 23.9 Å². The molecule has 4 rings (SSSR count). The summed E-state index contributed by atoms with van der Waals surface area (Å²) >= 11 is 0. The summed E-state index contributed by atoms with van der Waals surface area (Å²) in [7, 11) is -4.18. The molecule has 3 fully saturated rings. The first-order chi connectivity index (χ1) is 18.1. The van der Waals surface area contributed by atoms with Gasteiger partial charge in [-0.2, -0.15) is 9.98 Å². The summed E-state index contributed by atoms with van der Waals surface area (Å²) in [6.07, 6.45) is 0.758. The highest BCUT2D eigenvalue weighted by Crippen LogP contribution is 2.65. The predicted molar refractivity (Wildman–Crippen MR) is 140 cm³/mol. The van der Waals surface area contributed by atoms with Crippen molar-refractivity contribution < 1.29 is 27.2 Å². The summed E-state index contributed by atoms with van der Waals surface area (Å²) in [5, 5.41) is 15.2. The number of nitrogens with one attached hydrogen (secondary N) is 3. The van der Waals surface area contributed by atoms with Crippen molar-refractivity contribution in [2.75, 3.05) is 13.1 Å². The summed E-state index contributed by atoms with van der Waals surface area (Å²) in [5.74, 6) is -2.23. The normalized spacial score (nSPS) is 27.2. The molecule has 0 aromatic heterocycles. The fourth-order valence-electron chi connectivity index (χ4n) is 5.97. The van der Waals surface area contributed by atoms with E-state index in [0.717, 1.165) is 24.3 Å². The van der Waals surface area contributed by atoms with Gasteiger partial charge in [-0.1, -0.05) is 34.6 Å². The standard InChI is InChI=1S/C27H36FN5O5S/c1-26(2,3)22(32-39(37,38)18-8-6-16(28)7-9-18)25(36)33-14-19-20(27(19,4)5)21(33)24(35)31-17(13-29)12-15-10-11-30-23(15)34/h6-9,15,17,19-22,32H,10-12,14H2,1-5H3,(H,30,34)(H,31,35)/t15-,17?,19-,20-,21-,22?/m0/s1. The zero-order chi connectivity index (χ0) is 28.9. The molecule has 0 spiro atoms. The van der Waals surface area contributed by atoms with E-state index in [4.69, 9.17) is 0 Å². The summed E-state index contributed by atoms with van der Waals surface area (Å²) < 4.78 is 42.1. The Labute approximate surface area is 228 Å². The first-order valence-corrected chi connectivity index (χ1v) is 14.6. The van der Waals surface area contributed by atoms with Gasteiger partial charge in [0.05, 0.1) is 11.0 Å². The zero-order valence-corrected chi connectivity index (χ0v) is 23.6. The number of amides is 3. The fourth-order valence-corrected chi connectivity index (χ4v) is 7.36. The van der Waals surface area contributed by atoms with Crippen LogP contribution in [-0.2, 0) is 24.4 Å². The van der Waals surface area contributed by atoms with Gasteiger partial charge >= 0.3 is 0 Å². The van der Waals surface area contributed by atoms with Crippen molar-refractivity contribution in [2.45, 2.75) is 70.5 Å². The second kappa shape index (κ2) is 10.2. The third-order valence-electron chi connectivity index (χ3n) is 8.43. The van der Waals surface area contributed by atoms with Crippen LogP contribution < -0.4 is 15.4 Å². The maximum Gasteiger partial charge on any atom is 0.244 e. The Kier molecular flexibility index (Phi) is 7.55. The van der Waals surface area contributed by atoms with E-state index >= 15 is 0 Å². The molecule has 1 aliphatic carbocycles. The number of halogens is 1. The molecular weight excluding hydrogens is 525 g/mol. The van der Waals surface area contributed by atoms with Crippen LogP contribution in [0.5, 0.6) is 0 Å². The highest BCUT2D eigenvalue weighted by atomic mass is 32.2. The van der Waals surface area contributed by atoms with Crippen LogP contribution in [0.4, 0.5) is 4.39 Å². The number of likely N-dealkylation sites (tertiary alicyclic amines) is 1. The van der Waals surface area contributed by atoms with Crippen molar-refractivity contribution in [3.63, 3.8) is 0 Å². The van der Waals surface area contributed by atoms with Crippen molar-refractivity contribution in [3.8, 4) is 6.07 Å². The summed E-state index contributed by atoms with van der Waals surface area (Å²) in [4.78, 5) is 40.8. The number of nitriles is 1. The summed E-state index contributed by atoms with van der Waals surface area (Å²) in [5.41, 5.74) is -1.06. The summed E-state index contributed by atoms with van der Waals surface area (Å²) in [6.45, 7) is 10.0. The highest BCUT2D eigenvalue weighted by molar-refractivity contribution is 7.89. The van der Waals surface area contributed by atoms with E-state index in [1.54, 1.807) is 20.8 Å². The molecule has 6 atom stereocenters. The predicted octanol–water partition coefficient (Wildman–Crippen LogP) is 1.54. The third kappa shape index (κ3) is 5.65. The van der Waals surface area contributed by atoms with E-state index in [1.807, 2.05) is 13.8 Å². The minimum atomic E-state index is -4.18. The number of carbonyl (C=O) groups is 3. The Bertz CT molecular complexity index is 1300. The second-order valence-corrected chi connectivity index (χ2v) is 14.2. The average Bonchev–Trinajstić information content (AvgIpc) is 3.19. The number of sulfonamides is 1. The molecule has 39 heavy (non-hydrogen) atoms. The van der Waals surface area contributed by atoms with E-state index in [9.17, 15) is 32.5 Å². The Hall–Kier alpha value is -3.04. The Morgan fingerprint density at radius 1 is 1.26 bits per heavy atom. The maximum atomic E-state index is 14.0. The molecule has 0 radical (unpaired) electrons. The zero-order valence-electron chi connectivity index (χ0n) is 22.8. The SMILES string of the molecule is CC(C)(C)C(NS(=O)(=O)c1ccc(F)cc1)C(=O)N1C[C@H]2[C@@H]([C@H]1C(=O)NC(C#N)C[C@@H]1CCNC1=O)C2(C)C. The van der Waals surface area contributed by atoms with Crippen molar-refractivity contribution in [1.29, 1.82) is 5.26 Å². The minimum Gasteiger partial charge on any atom is -0.356 e. The van der Waals surface area contributed by atoms with Gasteiger partial charge < -0.3 is 15.5 Å². The molecular formula is C27H36FN5O5S. The average molecular weight is 562 g/mol. The quantitative estimate of drug-likeness (QED) is 0.439. The van der Waals surface area contributed by atoms with Gasteiger partial charge in [0.25, 0.3) is 0 Å². The van der Waals surface area contributed by atoms with Crippen molar-refractivity contribution in [3.05, 3.63) is 30.1 Å². The molecule has 3 N–H and O–H groups in total. The van der Waals surface area contributed by atoms with Crippen molar-refractivity contribution in [2.24, 2.45) is 28.6 Å². The topological polar surface area (TPSA) is 148 Å². The second-order valence-electron chi connectivity index (χ2n) is 12.5. The largest absolute Gasteiger partial charge is 0.356 e. The Balaban J connectivity index is 1.56. The number of hydrogen-bond donors (Lipinski definition) is 3. The minimum absolute atomic E-state index is 0.0488. The molecule has 1 aromatic rings.